The predicted molar refractivity (Wildman–Crippen MR) is 71.8 cm³/mol. The quantitative estimate of drug-likeness (QED) is 0.735. The van der Waals surface area contributed by atoms with Crippen LogP contribution in [0.3, 0.4) is 0 Å². The Morgan fingerprint density at radius 3 is 2.32 bits per heavy atom. The van der Waals surface area contributed by atoms with Crippen molar-refractivity contribution in [2.75, 3.05) is 33.2 Å². The van der Waals surface area contributed by atoms with Crippen molar-refractivity contribution in [2.45, 2.75) is 33.0 Å². The zero-order valence-corrected chi connectivity index (χ0v) is 12.7. The minimum Gasteiger partial charge on any atom is -0.373 e. The van der Waals surface area contributed by atoms with E-state index in [0.29, 0.717) is 13.1 Å². The molecular formula is C11H23N3O4S. The lowest BCUT2D eigenvalue weighted by Crippen LogP contribution is -2.54. The van der Waals surface area contributed by atoms with Crippen LogP contribution in [0.5, 0.6) is 0 Å². The van der Waals surface area contributed by atoms with E-state index in [2.05, 4.69) is 5.32 Å². The fourth-order valence-electron chi connectivity index (χ4n) is 2.08. The first-order valence-electron chi connectivity index (χ1n) is 6.42. The summed E-state index contributed by atoms with van der Waals surface area (Å²) >= 11 is 0. The maximum Gasteiger partial charge on any atom is 0.282 e. The highest BCUT2D eigenvalue weighted by Crippen LogP contribution is 2.17. The Morgan fingerprint density at radius 1 is 1.37 bits per heavy atom. The van der Waals surface area contributed by atoms with E-state index in [-0.39, 0.29) is 31.2 Å². The number of hydrogen-bond acceptors (Lipinski definition) is 4. The average molecular weight is 293 g/mol. The van der Waals surface area contributed by atoms with Crippen LogP contribution in [-0.4, -0.2) is 68.4 Å². The van der Waals surface area contributed by atoms with Crippen molar-refractivity contribution in [1.82, 2.24) is 13.9 Å². The molecule has 1 saturated heterocycles. The molecule has 0 bridgehead atoms. The molecule has 0 aromatic carbocycles. The third-order valence-electron chi connectivity index (χ3n) is 2.99. The van der Waals surface area contributed by atoms with Crippen molar-refractivity contribution in [3.05, 3.63) is 0 Å². The van der Waals surface area contributed by atoms with Crippen LogP contribution in [0.4, 0.5) is 0 Å². The third-order valence-corrected chi connectivity index (χ3v) is 4.98. The van der Waals surface area contributed by atoms with Gasteiger partial charge in [0.25, 0.3) is 10.2 Å². The summed E-state index contributed by atoms with van der Waals surface area (Å²) in [6.45, 7) is 6.13. The van der Waals surface area contributed by atoms with Crippen molar-refractivity contribution >= 4 is 16.1 Å². The fourth-order valence-corrected chi connectivity index (χ4v) is 3.81. The summed E-state index contributed by atoms with van der Waals surface area (Å²) in [5, 5.41) is 2.43. The number of nitrogens with one attached hydrogen (secondary N) is 1. The van der Waals surface area contributed by atoms with Gasteiger partial charge in [-0.3, -0.25) is 4.79 Å². The van der Waals surface area contributed by atoms with Gasteiger partial charge < -0.3 is 10.1 Å². The second-order valence-corrected chi connectivity index (χ2v) is 6.61. The Balaban J connectivity index is 2.84. The summed E-state index contributed by atoms with van der Waals surface area (Å²) < 4.78 is 33.0. The molecule has 1 amide bonds. The number of likely N-dealkylation sites (N-methyl/N-ethyl adjacent to an activating group) is 2. The van der Waals surface area contributed by atoms with Gasteiger partial charge in [0.05, 0.1) is 18.8 Å². The molecule has 0 spiro atoms. The minimum absolute atomic E-state index is 0.141. The highest BCUT2D eigenvalue weighted by Gasteiger charge is 2.35. The van der Waals surface area contributed by atoms with Crippen molar-refractivity contribution < 1.29 is 17.9 Å². The minimum atomic E-state index is -3.62. The van der Waals surface area contributed by atoms with Crippen LogP contribution in [0.1, 0.15) is 20.8 Å². The van der Waals surface area contributed by atoms with E-state index < -0.39 is 10.2 Å². The van der Waals surface area contributed by atoms with Gasteiger partial charge in [0.1, 0.15) is 0 Å². The second kappa shape index (κ2) is 6.65. The number of amides is 1. The number of carbonyl (C=O) groups excluding carboxylic acids is 1. The lowest BCUT2D eigenvalue weighted by Gasteiger charge is -2.36. The van der Waals surface area contributed by atoms with Crippen molar-refractivity contribution in [3.8, 4) is 0 Å². The molecule has 0 aromatic heterocycles. The van der Waals surface area contributed by atoms with Gasteiger partial charge in [-0.2, -0.15) is 17.0 Å². The van der Waals surface area contributed by atoms with Gasteiger partial charge in [0.2, 0.25) is 5.91 Å². The van der Waals surface area contributed by atoms with E-state index in [1.165, 1.54) is 15.7 Å². The zero-order chi connectivity index (χ0) is 14.6. The van der Waals surface area contributed by atoms with Gasteiger partial charge in [-0.15, -0.1) is 0 Å². The summed E-state index contributed by atoms with van der Waals surface area (Å²) in [5.74, 6) is -0.320. The molecule has 1 rings (SSSR count). The first-order chi connectivity index (χ1) is 8.81. The number of ether oxygens (including phenoxy) is 1. The molecule has 0 radical (unpaired) electrons. The van der Waals surface area contributed by atoms with E-state index in [9.17, 15) is 13.2 Å². The lowest BCUT2D eigenvalue weighted by atomic mass is 10.3. The maximum atomic E-state index is 12.5. The largest absolute Gasteiger partial charge is 0.373 e. The Bertz CT molecular complexity index is 402. The molecule has 7 nitrogen and oxygen atoms in total. The van der Waals surface area contributed by atoms with Gasteiger partial charge in [0.15, 0.2) is 0 Å². The summed E-state index contributed by atoms with van der Waals surface area (Å²) in [4.78, 5) is 11.4. The van der Waals surface area contributed by atoms with E-state index >= 15 is 0 Å². The van der Waals surface area contributed by atoms with Gasteiger partial charge in [0, 0.05) is 26.7 Å². The van der Waals surface area contributed by atoms with Crippen LogP contribution >= 0.6 is 0 Å². The second-order valence-electron chi connectivity index (χ2n) is 4.68. The molecule has 1 heterocycles. The Morgan fingerprint density at radius 2 is 1.89 bits per heavy atom. The molecule has 112 valence electrons. The Hall–Kier alpha value is -0.700. The first-order valence-corrected chi connectivity index (χ1v) is 7.82. The molecule has 8 heteroatoms. The molecule has 19 heavy (non-hydrogen) atoms. The monoisotopic (exact) mass is 293 g/mol. The molecule has 0 aliphatic carbocycles. The van der Waals surface area contributed by atoms with Crippen LogP contribution in [0.15, 0.2) is 0 Å². The topological polar surface area (TPSA) is 79.0 Å². The summed E-state index contributed by atoms with van der Waals surface area (Å²) in [7, 11) is -2.13. The SMILES string of the molecule is CCN(CC(=O)NC)S(=O)(=O)N1C[C@@H](C)O[C@@H](C)C1. The van der Waals surface area contributed by atoms with Crippen LogP contribution in [0, 0.1) is 0 Å². The number of nitrogens with zero attached hydrogens (tertiary/aromatic N) is 2. The standard InChI is InChI=1S/C11H23N3O4S/c1-5-13(8-11(15)12-4)19(16,17)14-6-9(2)18-10(3)7-14/h9-10H,5-8H2,1-4H3,(H,12,15)/t9-,10+. The molecule has 0 unspecified atom stereocenters. The third kappa shape index (κ3) is 4.13. The Kier molecular flexibility index (Phi) is 5.72. The van der Waals surface area contributed by atoms with E-state index in [0.717, 1.165) is 0 Å². The molecule has 1 aliphatic heterocycles. The van der Waals surface area contributed by atoms with E-state index in [1.807, 2.05) is 13.8 Å². The number of carbonyl (C=O) groups is 1. The summed E-state index contributed by atoms with van der Waals surface area (Å²) in [6, 6.07) is 0. The molecule has 1 aliphatic rings. The summed E-state index contributed by atoms with van der Waals surface area (Å²) in [5.41, 5.74) is 0. The van der Waals surface area contributed by atoms with Crippen LogP contribution in [-0.2, 0) is 19.7 Å². The number of rotatable bonds is 5. The Labute approximate surface area is 115 Å². The predicted octanol–water partition coefficient (Wildman–Crippen LogP) is -0.592. The van der Waals surface area contributed by atoms with Gasteiger partial charge >= 0.3 is 0 Å². The van der Waals surface area contributed by atoms with Crippen molar-refractivity contribution in [3.63, 3.8) is 0 Å². The zero-order valence-electron chi connectivity index (χ0n) is 11.9. The van der Waals surface area contributed by atoms with Gasteiger partial charge in [-0.05, 0) is 13.8 Å². The molecule has 1 fully saturated rings. The lowest BCUT2D eigenvalue weighted by molar-refractivity contribution is -0.120. The van der Waals surface area contributed by atoms with Crippen molar-refractivity contribution in [2.24, 2.45) is 0 Å². The highest BCUT2D eigenvalue weighted by atomic mass is 32.2. The maximum absolute atomic E-state index is 12.5. The van der Waals surface area contributed by atoms with Crippen LogP contribution < -0.4 is 5.32 Å². The average Bonchev–Trinajstić information content (AvgIpc) is 2.34. The molecular weight excluding hydrogens is 270 g/mol. The van der Waals surface area contributed by atoms with Crippen molar-refractivity contribution in [1.29, 1.82) is 0 Å². The van der Waals surface area contributed by atoms with Crippen LogP contribution in [0.25, 0.3) is 0 Å². The highest BCUT2D eigenvalue weighted by molar-refractivity contribution is 7.86. The smallest absolute Gasteiger partial charge is 0.282 e. The summed E-state index contributed by atoms with van der Waals surface area (Å²) in [6.07, 6.45) is -0.283. The molecule has 2 atom stereocenters. The van der Waals surface area contributed by atoms with Gasteiger partial charge in [-0.1, -0.05) is 6.92 Å². The fraction of sp³-hybridized carbons (Fsp3) is 0.909. The number of morpholine rings is 1. The molecule has 0 saturated carbocycles. The molecule has 1 N–H and O–H groups in total. The van der Waals surface area contributed by atoms with Crippen LogP contribution in [0.2, 0.25) is 0 Å². The number of hydrogen-bond donors (Lipinski definition) is 1. The van der Waals surface area contributed by atoms with E-state index in [1.54, 1.807) is 6.92 Å². The normalized spacial score (nSPS) is 25.5. The van der Waals surface area contributed by atoms with E-state index in [4.69, 9.17) is 4.74 Å². The van der Waals surface area contributed by atoms with Gasteiger partial charge in [-0.25, -0.2) is 0 Å². The first kappa shape index (κ1) is 16.4. The molecule has 0 aromatic rings.